The lowest BCUT2D eigenvalue weighted by molar-refractivity contribution is -0.115. The lowest BCUT2D eigenvalue weighted by Crippen LogP contribution is -2.38. The summed E-state index contributed by atoms with van der Waals surface area (Å²) in [6.07, 6.45) is 1.30. The molecule has 0 aliphatic heterocycles. The second kappa shape index (κ2) is 2.85. The Hall–Kier alpha value is -0.510. The molecule has 0 amide bonds. The average Bonchev–Trinajstić information content (AvgIpc) is 1.97. The number of hydrogen-bond acceptors (Lipinski definition) is 3. The Balaban J connectivity index is 3.11. The highest BCUT2D eigenvalue weighted by Crippen LogP contribution is 2.22. The van der Waals surface area contributed by atoms with Gasteiger partial charge in [-0.2, -0.15) is 0 Å². The van der Waals surface area contributed by atoms with Gasteiger partial charge in [0.15, 0.2) is 5.78 Å². The van der Waals surface area contributed by atoms with Crippen LogP contribution in [0.4, 0.5) is 0 Å². The van der Waals surface area contributed by atoms with Crippen molar-refractivity contribution >= 4 is 29.0 Å². The summed E-state index contributed by atoms with van der Waals surface area (Å²) in [6.45, 7) is 0. The normalized spacial score (nSPS) is 25.5. The molecule has 0 aromatic carbocycles. The first-order chi connectivity index (χ1) is 5.04. The van der Waals surface area contributed by atoms with E-state index in [1.54, 1.807) is 0 Å². The number of carbonyl (C=O) groups excluding carboxylic acids is 1. The summed E-state index contributed by atoms with van der Waals surface area (Å²) >= 11 is 11.1. The minimum Gasteiger partial charge on any atom is -0.399 e. The molecule has 4 N–H and O–H groups in total. The molecule has 0 aromatic rings. The summed E-state index contributed by atoms with van der Waals surface area (Å²) in [4.78, 5) is 11.0. The lowest BCUT2D eigenvalue weighted by atomic mass is 10.1. The molecule has 1 unspecified atom stereocenters. The molecule has 1 aliphatic carbocycles. The number of rotatable bonds is 0. The molecule has 1 atom stereocenters. The second-order valence-corrected chi connectivity index (χ2v) is 2.95. The van der Waals surface area contributed by atoms with E-state index in [0.717, 1.165) is 0 Å². The molecule has 0 aromatic heterocycles. The first-order valence-electron chi connectivity index (χ1n) is 2.86. The van der Waals surface area contributed by atoms with Gasteiger partial charge < -0.3 is 11.5 Å². The van der Waals surface area contributed by atoms with E-state index in [1.165, 1.54) is 6.08 Å². The third kappa shape index (κ3) is 1.40. The van der Waals surface area contributed by atoms with E-state index in [9.17, 15) is 4.79 Å². The number of halogens is 2. The molecule has 0 bridgehead atoms. The first-order valence-corrected chi connectivity index (χ1v) is 3.61. The van der Waals surface area contributed by atoms with Crippen LogP contribution < -0.4 is 11.5 Å². The zero-order valence-electron chi connectivity index (χ0n) is 5.47. The third-order valence-corrected chi connectivity index (χ3v) is 2.00. The second-order valence-electron chi connectivity index (χ2n) is 2.14. The van der Waals surface area contributed by atoms with Crippen LogP contribution >= 0.6 is 23.2 Å². The van der Waals surface area contributed by atoms with E-state index in [-0.39, 0.29) is 15.8 Å². The zero-order chi connectivity index (χ0) is 8.59. The van der Waals surface area contributed by atoms with Crippen LogP contribution in [0.2, 0.25) is 0 Å². The van der Waals surface area contributed by atoms with E-state index in [0.29, 0.717) is 0 Å². The molecule has 5 heteroatoms. The van der Waals surface area contributed by atoms with Crippen LogP contribution in [0.25, 0.3) is 0 Å². The average molecular weight is 193 g/mol. The Morgan fingerprint density at radius 1 is 1.45 bits per heavy atom. The van der Waals surface area contributed by atoms with Gasteiger partial charge in [0, 0.05) is 0 Å². The van der Waals surface area contributed by atoms with Crippen molar-refractivity contribution in [1.29, 1.82) is 0 Å². The predicted octanol–water partition coefficient (Wildman–Crippen LogP) is 0.428. The number of carbonyl (C=O) groups is 1. The van der Waals surface area contributed by atoms with Crippen molar-refractivity contribution in [3.8, 4) is 0 Å². The quantitative estimate of drug-likeness (QED) is 0.585. The van der Waals surface area contributed by atoms with Crippen LogP contribution in [0.5, 0.6) is 0 Å². The minimum absolute atomic E-state index is 0.0247. The molecular weight excluding hydrogens is 187 g/mol. The Morgan fingerprint density at radius 3 is 2.55 bits per heavy atom. The van der Waals surface area contributed by atoms with E-state index in [4.69, 9.17) is 34.7 Å². The molecule has 1 rings (SSSR count). The highest BCUT2D eigenvalue weighted by molar-refractivity contribution is 6.46. The minimum atomic E-state index is -0.889. The van der Waals surface area contributed by atoms with Gasteiger partial charge in [0.1, 0.15) is 6.04 Å². The maximum atomic E-state index is 11.0. The van der Waals surface area contributed by atoms with Crippen molar-refractivity contribution in [3.63, 3.8) is 0 Å². The zero-order valence-corrected chi connectivity index (χ0v) is 6.99. The van der Waals surface area contributed by atoms with Crippen molar-refractivity contribution in [2.45, 2.75) is 6.04 Å². The molecule has 0 saturated heterocycles. The Morgan fingerprint density at radius 2 is 2.00 bits per heavy atom. The van der Waals surface area contributed by atoms with E-state index in [1.807, 2.05) is 0 Å². The number of nitrogens with two attached hydrogens (primary N) is 2. The maximum absolute atomic E-state index is 11.0. The van der Waals surface area contributed by atoms with Gasteiger partial charge in [-0.25, -0.2) is 0 Å². The summed E-state index contributed by atoms with van der Waals surface area (Å²) in [5, 5.41) is 0.263. The van der Waals surface area contributed by atoms with Crippen molar-refractivity contribution in [2.24, 2.45) is 11.5 Å². The van der Waals surface area contributed by atoms with Gasteiger partial charge in [-0.05, 0) is 6.08 Å². The molecule has 60 valence electrons. The van der Waals surface area contributed by atoms with Crippen molar-refractivity contribution in [2.75, 3.05) is 0 Å². The topological polar surface area (TPSA) is 69.1 Å². The van der Waals surface area contributed by atoms with Gasteiger partial charge in [-0.1, -0.05) is 23.2 Å². The fourth-order valence-corrected chi connectivity index (χ4v) is 1.21. The summed E-state index contributed by atoms with van der Waals surface area (Å²) < 4.78 is 0. The molecule has 3 nitrogen and oxygen atoms in total. The number of ketones is 1. The molecule has 0 spiro atoms. The fourth-order valence-electron chi connectivity index (χ4n) is 0.704. The van der Waals surface area contributed by atoms with Crippen LogP contribution in [0.1, 0.15) is 0 Å². The van der Waals surface area contributed by atoms with Gasteiger partial charge in [0.25, 0.3) is 0 Å². The maximum Gasteiger partial charge on any atom is 0.196 e. The van der Waals surface area contributed by atoms with Gasteiger partial charge in [-0.3, -0.25) is 4.79 Å². The van der Waals surface area contributed by atoms with Crippen LogP contribution in [-0.4, -0.2) is 11.8 Å². The van der Waals surface area contributed by atoms with Gasteiger partial charge in [0.05, 0.1) is 15.8 Å². The highest BCUT2D eigenvalue weighted by atomic mass is 35.5. The molecule has 1 aliphatic rings. The van der Waals surface area contributed by atoms with Crippen molar-refractivity contribution in [3.05, 3.63) is 21.8 Å². The largest absolute Gasteiger partial charge is 0.399 e. The van der Waals surface area contributed by atoms with Crippen molar-refractivity contribution in [1.82, 2.24) is 0 Å². The Labute approximate surface area is 73.6 Å². The van der Waals surface area contributed by atoms with E-state index in [2.05, 4.69) is 0 Å². The summed E-state index contributed by atoms with van der Waals surface area (Å²) in [5.41, 5.74) is 10.9. The van der Waals surface area contributed by atoms with Crippen molar-refractivity contribution < 1.29 is 4.79 Å². The summed E-state index contributed by atoms with van der Waals surface area (Å²) in [7, 11) is 0. The molecule has 0 radical (unpaired) electrons. The highest BCUT2D eigenvalue weighted by Gasteiger charge is 2.25. The molecule has 0 saturated carbocycles. The van der Waals surface area contributed by atoms with Crippen LogP contribution in [0.3, 0.4) is 0 Å². The smallest absolute Gasteiger partial charge is 0.196 e. The molecular formula is C6H6Cl2N2O. The molecule has 0 heterocycles. The molecule has 0 fully saturated rings. The molecule has 11 heavy (non-hydrogen) atoms. The van der Waals surface area contributed by atoms with E-state index < -0.39 is 11.8 Å². The lowest BCUT2D eigenvalue weighted by Gasteiger charge is -2.15. The SMILES string of the molecule is NC1=C(Cl)C=C(Cl)C(=O)C1N. The number of allylic oxidation sites excluding steroid dienone is 2. The van der Waals surface area contributed by atoms with Gasteiger partial charge in [-0.15, -0.1) is 0 Å². The number of hydrogen-bond donors (Lipinski definition) is 2. The Kier molecular flexibility index (Phi) is 2.23. The third-order valence-electron chi connectivity index (χ3n) is 1.38. The number of Topliss-reactive ketones (excluding diaryl/α,β-unsaturated/α-hetero) is 1. The van der Waals surface area contributed by atoms with Gasteiger partial charge in [0.2, 0.25) is 0 Å². The fraction of sp³-hybridized carbons (Fsp3) is 0.167. The van der Waals surface area contributed by atoms with Crippen LogP contribution in [0, 0.1) is 0 Å². The van der Waals surface area contributed by atoms with E-state index >= 15 is 0 Å². The van der Waals surface area contributed by atoms with Gasteiger partial charge >= 0.3 is 0 Å². The first kappa shape index (κ1) is 8.59. The predicted molar refractivity (Wildman–Crippen MR) is 44.0 cm³/mol. The summed E-state index contributed by atoms with van der Waals surface area (Å²) in [6, 6.07) is -0.889. The standard InChI is InChI=1S/C6H6Cl2N2O/c7-2-1-3(8)6(11)5(10)4(2)9/h1,5H,9-10H2. The summed E-state index contributed by atoms with van der Waals surface area (Å²) in [5.74, 6) is -0.395. The van der Waals surface area contributed by atoms with Crippen LogP contribution in [0.15, 0.2) is 21.8 Å². The Bertz CT molecular complexity index is 270. The van der Waals surface area contributed by atoms with Crippen LogP contribution in [-0.2, 0) is 4.79 Å². The monoisotopic (exact) mass is 192 g/mol.